The van der Waals surface area contributed by atoms with Crippen LogP contribution < -0.4 is 11.1 Å². The van der Waals surface area contributed by atoms with Gasteiger partial charge in [-0.2, -0.15) is 0 Å². The maximum atomic E-state index is 11.0. The molecule has 0 aromatic heterocycles. The number of hydrogen-bond donors (Lipinski definition) is 2. The number of nitrogens with two attached hydrogens (primary N) is 1. The van der Waals surface area contributed by atoms with Crippen LogP contribution in [0.4, 0.5) is 10.5 Å². The van der Waals surface area contributed by atoms with Crippen LogP contribution >= 0.6 is 0 Å². The van der Waals surface area contributed by atoms with Crippen molar-refractivity contribution in [1.82, 2.24) is 4.90 Å². The van der Waals surface area contributed by atoms with Crippen molar-refractivity contribution in [3.8, 4) is 0 Å². The minimum Gasteiger partial charge on any atom is -0.351 e. The van der Waals surface area contributed by atoms with E-state index in [0.29, 0.717) is 6.04 Å². The number of urea groups is 1. The molecule has 122 valence electrons. The lowest BCUT2D eigenvalue weighted by atomic mass is 10.0. The Morgan fingerprint density at radius 3 is 2.73 bits per heavy atom. The predicted molar refractivity (Wildman–Crippen MR) is 92.1 cm³/mol. The van der Waals surface area contributed by atoms with Gasteiger partial charge in [-0.15, -0.1) is 0 Å². The summed E-state index contributed by atoms with van der Waals surface area (Å²) in [7, 11) is 0. The highest BCUT2D eigenvalue weighted by Crippen LogP contribution is 2.30. The average Bonchev–Trinajstić information content (AvgIpc) is 2.82. The van der Waals surface area contributed by atoms with Crippen molar-refractivity contribution >= 4 is 11.7 Å². The lowest BCUT2D eigenvalue weighted by Crippen LogP contribution is -2.37. The number of hydrogen-bond acceptors (Lipinski definition) is 2. The number of rotatable bonds is 7. The van der Waals surface area contributed by atoms with Gasteiger partial charge in [0.1, 0.15) is 0 Å². The zero-order valence-corrected chi connectivity index (χ0v) is 13.8. The van der Waals surface area contributed by atoms with Crippen molar-refractivity contribution in [2.75, 3.05) is 11.9 Å². The molecule has 1 fully saturated rings. The number of primary amides is 1. The van der Waals surface area contributed by atoms with Crippen LogP contribution in [0.2, 0.25) is 0 Å². The Bertz CT molecular complexity index is 489. The highest BCUT2D eigenvalue weighted by molar-refractivity contribution is 5.87. The van der Waals surface area contributed by atoms with Crippen LogP contribution in [0.1, 0.15) is 51.5 Å². The molecule has 0 radical (unpaired) electrons. The maximum Gasteiger partial charge on any atom is 0.316 e. The summed E-state index contributed by atoms with van der Waals surface area (Å²) < 4.78 is 0. The third kappa shape index (κ3) is 4.47. The summed E-state index contributed by atoms with van der Waals surface area (Å²) in [5, 5.41) is 2.66. The van der Waals surface area contributed by atoms with Crippen LogP contribution in [-0.2, 0) is 6.42 Å². The molecule has 1 heterocycles. The van der Waals surface area contributed by atoms with Crippen LogP contribution in [0.5, 0.6) is 0 Å². The van der Waals surface area contributed by atoms with Gasteiger partial charge >= 0.3 is 6.03 Å². The Morgan fingerprint density at radius 2 is 2.05 bits per heavy atom. The largest absolute Gasteiger partial charge is 0.351 e. The predicted octanol–water partition coefficient (Wildman–Crippen LogP) is 3.76. The molecule has 0 aliphatic carbocycles. The topological polar surface area (TPSA) is 58.4 Å². The summed E-state index contributed by atoms with van der Waals surface area (Å²) >= 11 is 0. The van der Waals surface area contributed by atoms with Crippen molar-refractivity contribution < 1.29 is 4.79 Å². The molecule has 0 unspecified atom stereocenters. The number of anilines is 1. The molecular formula is C18H29N3O. The zero-order valence-electron chi connectivity index (χ0n) is 13.8. The van der Waals surface area contributed by atoms with Crippen molar-refractivity contribution in [1.29, 1.82) is 0 Å². The van der Waals surface area contributed by atoms with Crippen LogP contribution in [-0.4, -0.2) is 29.6 Å². The Labute approximate surface area is 134 Å². The number of nitrogens with one attached hydrogen (secondary N) is 1. The van der Waals surface area contributed by atoms with E-state index in [1.807, 2.05) is 18.2 Å². The second-order valence-electron chi connectivity index (χ2n) is 6.31. The molecule has 1 saturated heterocycles. The molecule has 1 aromatic carbocycles. The van der Waals surface area contributed by atoms with E-state index in [9.17, 15) is 4.79 Å². The van der Waals surface area contributed by atoms with Gasteiger partial charge in [-0.05, 0) is 56.3 Å². The molecule has 4 nitrogen and oxygen atoms in total. The lowest BCUT2D eigenvalue weighted by molar-refractivity contribution is 0.183. The van der Waals surface area contributed by atoms with E-state index in [1.165, 1.54) is 44.2 Å². The third-order valence-corrected chi connectivity index (χ3v) is 4.54. The third-order valence-electron chi connectivity index (χ3n) is 4.54. The molecule has 2 atom stereocenters. The van der Waals surface area contributed by atoms with Crippen molar-refractivity contribution in [3.63, 3.8) is 0 Å². The second-order valence-corrected chi connectivity index (χ2v) is 6.31. The van der Waals surface area contributed by atoms with E-state index >= 15 is 0 Å². The first kappa shape index (κ1) is 16.8. The van der Waals surface area contributed by atoms with Gasteiger partial charge in [0.2, 0.25) is 0 Å². The maximum absolute atomic E-state index is 11.0. The van der Waals surface area contributed by atoms with Crippen LogP contribution in [0, 0.1) is 0 Å². The fourth-order valence-corrected chi connectivity index (χ4v) is 3.69. The van der Waals surface area contributed by atoms with Crippen LogP contribution in [0.3, 0.4) is 0 Å². The summed E-state index contributed by atoms with van der Waals surface area (Å²) in [5.41, 5.74) is 7.25. The highest BCUT2D eigenvalue weighted by atomic mass is 16.2. The Kier molecular flexibility index (Phi) is 6.25. The van der Waals surface area contributed by atoms with Gasteiger partial charge in [0.15, 0.2) is 0 Å². The SMILES string of the molecule is CCC[C@@H]1CC[C@@H](Cc2cccc(NC(N)=O)c2)N1CCC. The summed E-state index contributed by atoms with van der Waals surface area (Å²) in [6.07, 6.45) is 7.42. The molecule has 0 spiro atoms. The Morgan fingerprint density at radius 1 is 1.27 bits per heavy atom. The fourth-order valence-electron chi connectivity index (χ4n) is 3.69. The Balaban J connectivity index is 2.04. The van der Waals surface area contributed by atoms with Crippen molar-refractivity contribution in [3.05, 3.63) is 29.8 Å². The summed E-state index contributed by atoms with van der Waals surface area (Å²) in [6, 6.07) is 8.93. The van der Waals surface area contributed by atoms with E-state index in [-0.39, 0.29) is 0 Å². The molecule has 2 rings (SSSR count). The summed E-state index contributed by atoms with van der Waals surface area (Å²) in [6.45, 7) is 5.72. The summed E-state index contributed by atoms with van der Waals surface area (Å²) in [4.78, 5) is 13.7. The van der Waals surface area contributed by atoms with Crippen molar-refractivity contribution in [2.24, 2.45) is 5.73 Å². The number of carbonyl (C=O) groups is 1. The van der Waals surface area contributed by atoms with Crippen molar-refractivity contribution in [2.45, 2.75) is 64.5 Å². The molecule has 2 amide bonds. The Hall–Kier alpha value is -1.55. The van der Waals surface area contributed by atoms with Gasteiger partial charge in [-0.25, -0.2) is 4.79 Å². The summed E-state index contributed by atoms with van der Waals surface area (Å²) in [5.74, 6) is 0. The smallest absolute Gasteiger partial charge is 0.316 e. The number of carbonyl (C=O) groups excluding carboxylic acids is 1. The standard InChI is InChI=1S/C18H29N3O/c1-3-6-16-9-10-17(21(16)11-4-2)13-14-7-5-8-15(12-14)20-18(19)22/h5,7-8,12,16-17H,3-4,6,9-11,13H2,1-2H3,(H3,19,20,22)/t16-,17+/m1/s1. The van der Waals surface area contributed by atoms with E-state index in [1.54, 1.807) is 0 Å². The van der Waals surface area contributed by atoms with E-state index < -0.39 is 6.03 Å². The molecule has 3 N–H and O–H groups in total. The molecule has 1 aromatic rings. The number of amides is 2. The van der Waals surface area contributed by atoms with Gasteiger partial charge < -0.3 is 11.1 Å². The number of likely N-dealkylation sites (tertiary alicyclic amines) is 1. The highest BCUT2D eigenvalue weighted by Gasteiger charge is 2.31. The normalized spacial score (nSPS) is 21.9. The second kappa shape index (κ2) is 8.18. The molecule has 1 aliphatic rings. The monoisotopic (exact) mass is 303 g/mol. The van der Waals surface area contributed by atoms with Gasteiger partial charge in [-0.1, -0.05) is 32.4 Å². The van der Waals surface area contributed by atoms with E-state index in [2.05, 4.69) is 30.1 Å². The average molecular weight is 303 g/mol. The molecular weight excluding hydrogens is 274 g/mol. The first-order valence-corrected chi connectivity index (χ1v) is 8.55. The minimum atomic E-state index is -0.506. The molecule has 0 saturated carbocycles. The van der Waals surface area contributed by atoms with E-state index in [4.69, 9.17) is 5.73 Å². The van der Waals surface area contributed by atoms with Crippen LogP contribution in [0.15, 0.2) is 24.3 Å². The number of benzene rings is 1. The van der Waals surface area contributed by atoms with Gasteiger partial charge in [0, 0.05) is 17.8 Å². The first-order valence-electron chi connectivity index (χ1n) is 8.55. The minimum absolute atomic E-state index is 0.506. The lowest BCUT2D eigenvalue weighted by Gasteiger charge is -2.30. The van der Waals surface area contributed by atoms with Crippen LogP contribution in [0.25, 0.3) is 0 Å². The molecule has 1 aliphatic heterocycles. The van der Waals surface area contributed by atoms with Gasteiger partial charge in [0.25, 0.3) is 0 Å². The first-order chi connectivity index (χ1) is 10.6. The van der Waals surface area contributed by atoms with Gasteiger partial charge in [0.05, 0.1) is 0 Å². The quantitative estimate of drug-likeness (QED) is 0.805. The zero-order chi connectivity index (χ0) is 15.9. The molecule has 4 heteroatoms. The molecule has 0 bridgehead atoms. The molecule has 22 heavy (non-hydrogen) atoms. The van der Waals surface area contributed by atoms with Gasteiger partial charge in [-0.3, -0.25) is 4.90 Å². The van der Waals surface area contributed by atoms with E-state index in [0.717, 1.165) is 18.2 Å². The number of nitrogens with zero attached hydrogens (tertiary/aromatic N) is 1. The fraction of sp³-hybridized carbons (Fsp3) is 0.611.